The zero-order valence-corrected chi connectivity index (χ0v) is 18.8. The number of nitrogens with zero attached hydrogens (tertiary/aromatic N) is 3. The summed E-state index contributed by atoms with van der Waals surface area (Å²) in [5.74, 6) is 0. The maximum atomic E-state index is 12.0. The molecule has 0 aromatic carbocycles. The van der Waals surface area contributed by atoms with E-state index < -0.39 is 0 Å². The van der Waals surface area contributed by atoms with E-state index in [1.807, 2.05) is 19.3 Å². The molecule has 29 heavy (non-hydrogen) atoms. The second-order valence-corrected chi connectivity index (χ2v) is 9.35. The standard InChI is InChI=1S/C23H36N4O2/c1-7-29-22(5,6)23(10-13-26-15-12-24-20(26)28)11-14-27(17-23)21(3,4)19-9-8-18(2)25-16-19/h8-9,12,15-16H,7,10-11,13-14,17H2,1-6H3,(H,24,28). The summed E-state index contributed by atoms with van der Waals surface area (Å²) >= 11 is 0. The molecule has 160 valence electrons. The molecule has 1 aliphatic rings. The molecule has 1 saturated heterocycles. The lowest BCUT2D eigenvalue weighted by Gasteiger charge is -2.46. The zero-order chi connectivity index (χ0) is 21.3. The van der Waals surface area contributed by atoms with Gasteiger partial charge in [-0.25, -0.2) is 4.79 Å². The monoisotopic (exact) mass is 400 g/mol. The van der Waals surface area contributed by atoms with Crippen LogP contribution in [0.15, 0.2) is 35.5 Å². The van der Waals surface area contributed by atoms with E-state index in [9.17, 15) is 4.79 Å². The lowest BCUT2D eigenvalue weighted by atomic mass is 9.70. The van der Waals surface area contributed by atoms with E-state index in [1.165, 1.54) is 5.56 Å². The predicted octanol–water partition coefficient (Wildman–Crippen LogP) is 3.71. The Bertz CT molecular complexity index is 866. The summed E-state index contributed by atoms with van der Waals surface area (Å²) in [5, 5.41) is 0. The fourth-order valence-electron chi connectivity index (χ4n) is 4.73. The van der Waals surface area contributed by atoms with Gasteiger partial charge >= 0.3 is 5.69 Å². The topological polar surface area (TPSA) is 63.1 Å². The normalized spacial score (nSPS) is 21.0. The zero-order valence-electron chi connectivity index (χ0n) is 18.8. The van der Waals surface area contributed by atoms with Crippen LogP contribution in [-0.2, 0) is 16.8 Å². The van der Waals surface area contributed by atoms with Crippen molar-refractivity contribution in [2.24, 2.45) is 5.41 Å². The molecule has 1 unspecified atom stereocenters. The van der Waals surface area contributed by atoms with Crippen molar-refractivity contribution >= 4 is 0 Å². The summed E-state index contributed by atoms with van der Waals surface area (Å²) in [6.07, 6.45) is 7.48. The van der Waals surface area contributed by atoms with Gasteiger partial charge in [0, 0.05) is 54.9 Å². The molecule has 0 spiro atoms. The van der Waals surface area contributed by atoms with Gasteiger partial charge in [0.2, 0.25) is 0 Å². The number of aryl methyl sites for hydroxylation is 2. The smallest absolute Gasteiger partial charge is 0.325 e. The van der Waals surface area contributed by atoms with Gasteiger partial charge < -0.3 is 9.72 Å². The molecule has 2 aromatic heterocycles. The Morgan fingerprint density at radius 2 is 2.03 bits per heavy atom. The number of imidazole rings is 1. The highest BCUT2D eigenvalue weighted by molar-refractivity contribution is 5.22. The number of aromatic nitrogens is 3. The van der Waals surface area contributed by atoms with Crippen molar-refractivity contribution in [1.82, 2.24) is 19.4 Å². The molecule has 3 heterocycles. The van der Waals surface area contributed by atoms with Crippen LogP contribution in [0.3, 0.4) is 0 Å². The molecule has 0 bridgehead atoms. The van der Waals surface area contributed by atoms with E-state index in [-0.39, 0.29) is 22.2 Å². The molecule has 1 aliphatic heterocycles. The van der Waals surface area contributed by atoms with Crippen LogP contribution >= 0.6 is 0 Å². The third-order valence-corrected chi connectivity index (χ3v) is 7.10. The molecule has 0 radical (unpaired) electrons. The van der Waals surface area contributed by atoms with Crippen LogP contribution < -0.4 is 5.69 Å². The highest BCUT2D eigenvalue weighted by Gasteiger charge is 2.52. The molecule has 2 aromatic rings. The number of rotatable bonds is 8. The summed E-state index contributed by atoms with van der Waals surface area (Å²) in [4.78, 5) is 21.8. The van der Waals surface area contributed by atoms with Crippen molar-refractivity contribution in [3.8, 4) is 0 Å². The van der Waals surface area contributed by atoms with Gasteiger partial charge in [0.15, 0.2) is 0 Å². The van der Waals surface area contributed by atoms with Gasteiger partial charge in [0.05, 0.1) is 5.60 Å². The summed E-state index contributed by atoms with van der Waals surface area (Å²) in [6, 6.07) is 4.28. The van der Waals surface area contributed by atoms with Gasteiger partial charge in [0.25, 0.3) is 0 Å². The van der Waals surface area contributed by atoms with E-state index in [1.54, 1.807) is 10.8 Å². The van der Waals surface area contributed by atoms with E-state index in [4.69, 9.17) is 4.74 Å². The molecule has 0 saturated carbocycles. The molecule has 6 nitrogen and oxygen atoms in total. The maximum absolute atomic E-state index is 12.0. The Labute approximate surface area is 174 Å². The second kappa shape index (κ2) is 8.07. The van der Waals surface area contributed by atoms with Crippen molar-refractivity contribution in [1.29, 1.82) is 0 Å². The third-order valence-electron chi connectivity index (χ3n) is 7.10. The Morgan fingerprint density at radius 1 is 1.28 bits per heavy atom. The van der Waals surface area contributed by atoms with E-state index in [0.717, 1.165) is 31.6 Å². The first-order chi connectivity index (χ1) is 13.6. The number of pyridine rings is 1. The van der Waals surface area contributed by atoms with Crippen molar-refractivity contribution in [3.63, 3.8) is 0 Å². The minimum atomic E-state index is -0.280. The minimum absolute atomic E-state index is 0.0326. The molecule has 0 aliphatic carbocycles. The highest BCUT2D eigenvalue weighted by Crippen LogP contribution is 2.48. The summed E-state index contributed by atoms with van der Waals surface area (Å²) in [5.41, 5.74) is 1.79. The average Bonchev–Trinajstić information content (AvgIpc) is 3.28. The fourth-order valence-corrected chi connectivity index (χ4v) is 4.73. The van der Waals surface area contributed by atoms with Gasteiger partial charge in [-0.05, 0) is 72.6 Å². The van der Waals surface area contributed by atoms with Crippen LogP contribution in [-0.4, -0.2) is 44.7 Å². The van der Waals surface area contributed by atoms with Gasteiger partial charge in [0.1, 0.15) is 0 Å². The summed E-state index contributed by atoms with van der Waals surface area (Å²) in [7, 11) is 0. The number of nitrogens with one attached hydrogen (secondary N) is 1. The third kappa shape index (κ3) is 4.19. The van der Waals surface area contributed by atoms with Gasteiger partial charge in [-0.1, -0.05) is 6.07 Å². The van der Waals surface area contributed by atoms with Crippen LogP contribution in [0, 0.1) is 12.3 Å². The van der Waals surface area contributed by atoms with E-state index in [2.05, 4.69) is 61.6 Å². The van der Waals surface area contributed by atoms with Crippen LogP contribution in [0.5, 0.6) is 0 Å². The lowest BCUT2D eigenvalue weighted by Crippen LogP contribution is -2.50. The number of likely N-dealkylation sites (tertiary alicyclic amines) is 1. The first-order valence-electron chi connectivity index (χ1n) is 10.7. The Kier molecular flexibility index (Phi) is 6.06. The van der Waals surface area contributed by atoms with E-state index in [0.29, 0.717) is 13.2 Å². The molecular weight excluding hydrogens is 364 g/mol. The quantitative estimate of drug-likeness (QED) is 0.734. The molecular formula is C23H36N4O2. The van der Waals surface area contributed by atoms with Gasteiger partial charge in [-0.3, -0.25) is 14.5 Å². The van der Waals surface area contributed by atoms with Gasteiger partial charge in [-0.2, -0.15) is 0 Å². The summed E-state index contributed by atoms with van der Waals surface area (Å²) in [6.45, 7) is 16.4. The number of aromatic amines is 1. The molecule has 1 atom stereocenters. The van der Waals surface area contributed by atoms with E-state index >= 15 is 0 Å². The van der Waals surface area contributed by atoms with Crippen LogP contribution in [0.4, 0.5) is 0 Å². The molecule has 1 N–H and O–H groups in total. The SMILES string of the molecule is CCOC(C)(C)C1(CCn2cc[nH]c2=O)CCN(C(C)(C)c2ccc(C)nc2)C1. The number of ether oxygens (including phenoxy) is 1. The molecule has 0 amide bonds. The number of hydrogen-bond acceptors (Lipinski definition) is 4. The van der Waals surface area contributed by atoms with Crippen LogP contribution in [0.1, 0.15) is 58.7 Å². The first kappa shape index (κ1) is 21.8. The lowest BCUT2D eigenvalue weighted by molar-refractivity contribution is -0.111. The van der Waals surface area contributed by atoms with Crippen molar-refractivity contribution in [3.05, 3.63) is 52.5 Å². The van der Waals surface area contributed by atoms with Crippen molar-refractivity contribution in [2.75, 3.05) is 19.7 Å². The van der Waals surface area contributed by atoms with Crippen molar-refractivity contribution in [2.45, 2.75) is 72.1 Å². The number of hydrogen-bond donors (Lipinski definition) is 1. The minimum Gasteiger partial charge on any atom is -0.375 e. The highest BCUT2D eigenvalue weighted by atomic mass is 16.5. The Morgan fingerprint density at radius 3 is 2.62 bits per heavy atom. The molecule has 1 fully saturated rings. The fraction of sp³-hybridized carbons (Fsp3) is 0.652. The second-order valence-electron chi connectivity index (χ2n) is 9.35. The molecule has 6 heteroatoms. The largest absolute Gasteiger partial charge is 0.375 e. The van der Waals surface area contributed by atoms with Crippen LogP contribution in [0.25, 0.3) is 0 Å². The maximum Gasteiger partial charge on any atom is 0.325 e. The van der Waals surface area contributed by atoms with Crippen molar-refractivity contribution < 1.29 is 4.74 Å². The first-order valence-corrected chi connectivity index (χ1v) is 10.7. The average molecular weight is 401 g/mol. The predicted molar refractivity (Wildman–Crippen MR) is 116 cm³/mol. The summed E-state index contributed by atoms with van der Waals surface area (Å²) < 4.78 is 8.03. The number of H-pyrrole nitrogens is 1. The molecule has 3 rings (SSSR count). The van der Waals surface area contributed by atoms with Gasteiger partial charge in [-0.15, -0.1) is 0 Å². The van der Waals surface area contributed by atoms with Crippen LogP contribution in [0.2, 0.25) is 0 Å². The Hall–Kier alpha value is -1.92. The Balaban J connectivity index is 1.86.